The first-order chi connectivity index (χ1) is 18.7. The quantitative estimate of drug-likeness (QED) is 0.113. The smallest absolute Gasteiger partial charge is 0.337 e. The molecule has 206 valence electrons. The minimum atomic E-state index is -1.04. The molecule has 0 saturated heterocycles. The fraction of sp³-hybridized carbons (Fsp3) is 0.259. The lowest BCUT2D eigenvalue weighted by Crippen LogP contribution is -2.15. The Hall–Kier alpha value is -3.47. The van der Waals surface area contributed by atoms with E-state index in [0.29, 0.717) is 56.1 Å². The van der Waals surface area contributed by atoms with Crippen molar-refractivity contribution >= 4 is 63.1 Å². The number of nitrogens with one attached hydrogen (secondary N) is 3. The van der Waals surface area contributed by atoms with Crippen molar-refractivity contribution in [1.29, 1.82) is 0 Å². The summed E-state index contributed by atoms with van der Waals surface area (Å²) in [6.45, 7) is 4.93. The lowest BCUT2D eigenvalue weighted by atomic mass is 10.2. The van der Waals surface area contributed by atoms with Crippen molar-refractivity contribution < 1.29 is 14.3 Å². The van der Waals surface area contributed by atoms with Gasteiger partial charge in [-0.2, -0.15) is 0 Å². The Bertz CT molecular complexity index is 1470. The van der Waals surface area contributed by atoms with Crippen LogP contribution in [-0.2, 0) is 6.54 Å². The molecular formula is C27H30Cl2N6O3S. The molecule has 0 amide bonds. The van der Waals surface area contributed by atoms with Crippen LogP contribution in [0.3, 0.4) is 0 Å². The van der Waals surface area contributed by atoms with Crippen LogP contribution >= 0.6 is 34.1 Å². The number of aromatic nitrogens is 3. The van der Waals surface area contributed by atoms with Gasteiger partial charge in [-0.1, -0.05) is 42.3 Å². The van der Waals surface area contributed by atoms with Crippen LogP contribution < -0.4 is 16.0 Å². The summed E-state index contributed by atoms with van der Waals surface area (Å²) in [6.07, 6.45) is 3.86. The summed E-state index contributed by atoms with van der Waals surface area (Å²) in [5, 5.41) is 20.6. The zero-order chi connectivity index (χ0) is 27.9. The number of carboxylic acid groups (broad SMARTS) is 1. The predicted octanol–water partition coefficient (Wildman–Crippen LogP) is 6.86. The normalized spacial score (nSPS) is 12.2. The van der Waals surface area contributed by atoms with E-state index in [9.17, 15) is 9.90 Å². The Morgan fingerprint density at radius 1 is 1.10 bits per heavy atom. The molecule has 4 aromatic rings. The van der Waals surface area contributed by atoms with Crippen LogP contribution in [-0.4, -0.2) is 50.3 Å². The molecule has 12 heteroatoms. The molecule has 0 aliphatic rings. The first-order valence-electron chi connectivity index (χ1n) is 12.3. The summed E-state index contributed by atoms with van der Waals surface area (Å²) < 4.78 is 5.95. The van der Waals surface area contributed by atoms with Crippen LogP contribution in [0, 0.1) is 6.92 Å². The number of halogens is 2. The molecule has 2 heterocycles. The lowest BCUT2D eigenvalue weighted by Gasteiger charge is -2.19. The number of rotatable bonds is 12. The first-order valence-corrected chi connectivity index (χ1v) is 15.2. The molecule has 4 rings (SSSR count). The number of oxazole rings is 1. The molecule has 1 unspecified atom stereocenters. The summed E-state index contributed by atoms with van der Waals surface area (Å²) >= 11 is 12.5. The number of hydrogen-bond acceptors (Lipinski definition) is 8. The van der Waals surface area contributed by atoms with Gasteiger partial charge in [-0.3, -0.25) is 10.9 Å². The van der Waals surface area contributed by atoms with Gasteiger partial charge in [0, 0.05) is 17.1 Å². The highest BCUT2D eigenvalue weighted by Gasteiger charge is 2.18. The van der Waals surface area contributed by atoms with Crippen LogP contribution in [0.5, 0.6) is 0 Å². The maximum absolute atomic E-state index is 11.8. The molecular weight excluding hydrogens is 559 g/mol. The minimum absolute atomic E-state index is 0.0720. The Labute approximate surface area is 239 Å². The van der Waals surface area contributed by atoms with Crippen molar-refractivity contribution in [2.75, 3.05) is 40.3 Å². The topological polar surface area (TPSA) is 125 Å². The van der Waals surface area contributed by atoms with Crippen molar-refractivity contribution in [1.82, 2.24) is 15.0 Å². The third kappa shape index (κ3) is 7.35. The zero-order valence-corrected chi connectivity index (χ0v) is 24.2. The van der Waals surface area contributed by atoms with Crippen molar-refractivity contribution in [2.24, 2.45) is 0 Å². The van der Waals surface area contributed by atoms with E-state index in [2.05, 4.69) is 44.1 Å². The summed E-state index contributed by atoms with van der Waals surface area (Å²) in [5.41, 5.74) is 1.75. The van der Waals surface area contributed by atoms with Crippen LogP contribution in [0.4, 0.5) is 23.0 Å². The van der Waals surface area contributed by atoms with Gasteiger partial charge in [0.25, 0.3) is 0 Å². The third-order valence-corrected chi connectivity index (χ3v) is 8.55. The first kappa shape index (κ1) is 28.5. The molecule has 39 heavy (non-hydrogen) atoms. The predicted molar refractivity (Wildman–Crippen MR) is 162 cm³/mol. The molecule has 0 bridgehead atoms. The summed E-state index contributed by atoms with van der Waals surface area (Å²) in [5.74, 6) is 3.59. The second-order valence-electron chi connectivity index (χ2n) is 8.74. The van der Waals surface area contributed by atoms with E-state index in [4.69, 9.17) is 27.6 Å². The molecule has 0 radical (unpaired) electrons. The van der Waals surface area contributed by atoms with Crippen molar-refractivity contribution in [3.05, 3.63) is 76.0 Å². The molecule has 2 aromatic carbocycles. The number of carboxylic acids is 1. The number of nitrogens with zero attached hydrogens (tertiary/aromatic N) is 3. The molecule has 1 atom stereocenters. The Morgan fingerprint density at radius 2 is 1.87 bits per heavy atom. The van der Waals surface area contributed by atoms with Gasteiger partial charge in [0.2, 0.25) is 5.89 Å². The number of carbonyl (C=O) groups is 1. The van der Waals surface area contributed by atoms with Crippen LogP contribution in [0.25, 0.3) is 11.3 Å². The Balaban J connectivity index is 1.64. The van der Waals surface area contributed by atoms with Gasteiger partial charge in [-0.15, -0.1) is 0 Å². The van der Waals surface area contributed by atoms with E-state index in [1.165, 1.54) is 6.07 Å². The van der Waals surface area contributed by atoms with Crippen LogP contribution in [0.15, 0.2) is 53.1 Å². The molecule has 9 nitrogen and oxygen atoms in total. The van der Waals surface area contributed by atoms with Gasteiger partial charge < -0.3 is 25.5 Å². The third-order valence-electron chi connectivity index (χ3n) is 5.92. The van der Waals surface area contributed by atoms with Gasteiger partial charge in [0.15, 0.2) is 17.4 Å². The lowest BCUT2D eigenvalue weighted by molar-refractivity contribution is 0.0698. The number of thiol groups is 1. The monoisotopic (exact) mass is 588 g/mol. The minimum Gasteiger partial charge on any atom is -0.478 e. The van der Waals surface area contributed by atoms with E-state index in [1.54, 1.807) is 49.5 Å². The second-order valence-corrected chi connectivity index (χ2v) is 12.4. The average molecular weight is 590 g/mol. The van der Waals surface area contributed by atoms with E-state index in [-0.39, 0.29) is 23.0 Å². The fourth-order valence-electron chi connectivity index (χ4n) is 3.75. The molecule has 0 aliphatic heterocycles. The number of anilines is 4. The van der Waals surface area contributed by atoms with E-state index < -0.39 is 5.97 Å². The molecule has 0 saturated carbocycles. The molecule has 0 fully saturated rings. The highest BCUT2D eigenvalue weighted by molar-refractivity contribution is 8.16. The highest BCUT2D eigenvalue weighted by atomic mass is 35.5. The number of hydrogen-bond donors (Lipinski definition) is 5. The summed E-state index contributed by atoms with van der Waals surface area (Å²) in [7, 11) is -0.0720. The van der Waals surface area contributed by atoms with Gasteiger partial charge in [0.1, 0.15) is 11.5 Å². The maximum atomic E-state index is 11.8. The van der Waals surface area contributed by atoms with Gasteiger partial charge in [-0.25, -0.2) is 19.7 Å². The number of aromatic carboxylic acids is 1. The van der Waals surface area contributed by atoms with Crippen molar-refractivity contribution in [2.45, 2.75) is 20.4 Å². The van der Waals surface area contributed by atoms with Gasteiger partial charge in [0.05, 0.1) is 29.0 Å². The maximum Gasteiger partial charge on any atom is 0.337 e. The van der Waals surface area contributed by atoms with Crippen LogP contribution in [0.1, 0.15) is 29.0 Å². The van der Waals surface area contributed by atoms with Crippen molar-refractivity contribution in [3.8, 4) is 11.3 Å². The molecule has 0 aliphatic carbocycles. The number of para-hydroxylation sites is 1. The highest BCUT2D eigenvalue weighted by Crippen LogP contribution is 2.34. The second kappa shape index (κ2) is 13.1. The van der Waals surface area contributed by atoms with Gasteiger partial charge in [-0.05, 0) is 55.0 Å². The number of benzene rings is 2. The van der Waals surface area contributed by atoms with Crippen molar-refractivity contribution in [3.63, 3.8) is 0 Å². The van der Waals surface area contributed by atoms with E-state index in [0.717, 1.165) is 18.1 Å². The van der Waals surface area contributed by atoms with Crippen LogP contribution in [0.2, 0.25) is 10.0 Å². The fourth-order valence-corrected chi connectivity index (χ4v) is 4.95. The summed E-state index contributed by atoms with van der Waals surface area (Å²) in [4.78, 5) is 25.4. The zero-order valence-electron chi connectivity index (χ0n) is 21.8. The molecule has 0 spiro atoms. The Kier molecular flexibility index (Phi) is 9.55. The standard InChI is InChI=1S/C27H30Cl2N6O3S/c1-4-39(3)12-11-30-25-24(26(34-16(2)33-25)35-21-8-6-5-7-18(21)27(36)37)32-15-23-31-14-22(38-23)19-13-17(28)9-10-20(19)29/h5-10,13-14,32,39H,4,11-12,15H2,1-3H3,(H,36,37)(H2,30,33,34,35). The van der Waals surface area contributed by atoms with Gasteiger partial charge >= 0.3 is 5.97 Å². The summed E-state index contributed by atoms with van der Waals surface area (Å²) in [6, 6.07) is 11.8. The Morgan fingerprint density at radius 3 is 2.64 bits per heavy atom. The molecule has 4 N–H and O–H groups in total. The molecule has 2 aromatic heterocycles. The van der Waals surface area contributed by atoms with E-state index >= 15 is 0 Å². The SMILES string of the molecule is CC[SH](C)CCNc1nc(C)nc(Nc2ccccc2C(=O)O)c1NCc1ncc(-c2cc(Cl)ccc2Cl)o1. The van der Waals surface area contributed by atoms with E-state index in [1.807, 2.05) is 0 Å². The average Bonchev–Trinajstić information content (AvgIpc) is 3.38. The largest absolute Gasteiger partial charge is 0.478 e. The number of aryl methyl sites for hydroxylation is 1.